The molecule has 3 rings (SSSR count). The number of nitrogens with one attached hydrogen (secondary N) is 2. The normalized spacial score (nSPS) is 28.4. The Hall–Kier alpha value is -1.70. The molecule has 3 heterocycles. The SMILES string of the molecule is O[C@@H]1[C@@H](Nc2ncnn3cccc23)CNC[C@@H]1O. The van der Waals surface area contributed by atoms with Crippen LogP contribution in [0.3, 0.4) is 0 Å². The molecule has 7 nitrogen and oxygen atoms in total. The Labute approximate surface area is 103 Å². The van der Waals surface area contributed by atoms with Crippen molar-refractivity contribution in [3.05, 3.63) is 24.7 Å². The molecule has 0 bridgehead atoms. The highest BCUT2D eigenvalue weighted by atomic mass is 16.3. The summed E-state index contributed by atoms with van der Waals surface area (Å²) in [4.78, 5) is 4.17. The average Bonchev–Trinajstić information content (AvgIpc) is 2.84. The first kappa shape index (κ1) is 11.4. The van der Waals surface area contributed by atoms with Crippen LogP contribution in [0, 0.1) is 0 Å². The van der Waals surface area contributed by atoms with Crippen molar-refractivity contribution in [3.63, 3.8) is 0 Å². The summed E-state index contributed by atoms with van der Waals surface area (Å²) < 4.78 is 1.70. The number of nitrogens with zero attached hydrogens (tertiary/aromatic N) is 3. The number of fused-ring (bicyclic) bond motifs is 1. The van der Waals surface area contributed by atoms with Crippen LogP contribution in [0.5, 0.6) is 0 Å². The van der Waals surface area contributed by atoms with Crippen LogP contribution in [-0.4, -0.2) is 56.2 Å². The van der Waals surface area contributed by atoms with Gasteiger partial charge in [-0.3, -0.25) is 0 Å². The molecule has 0 aromatic carbocycles. The van der Waals surface area contributed by atoms with Crippen LogP contribution < -0.4 is 10.6 Å². The van der Waals surface area contributed by atoms with E-state index in [1.54, 1.807) is 4.52 Å². The summed E-state index contributed by atoms with van der Waals surface area (Å²) in [6.07, 6.45) is 1.71. The van der Waals surface area contributed by atoms with E-state index in [0.717, 1.165) is 5.52 Å². The lowest BCUT2D eigenvalue weighted by atomic mass is 10.0. The summed E-state index contributed by atoms with van der Waals surface area (Å²) in [6.45, 7) is 0.985. The van der Waals surface area contributed by atoms with Crippen molar-refractivity contribution in [1.29, 1.82) is 0 Å². The molecule has 4 N–H and O–H groups in total. The molecule has 0 spiro atoms. The maximum Gasteiger partial charge on any atom is 0.154 e. The number of aliphatic hydroxyl groups is 2. The fraction of sp³-hybridized carbons (Fsp3) is 0.455. The smallest absolute Gasteiger partial charge is 0.154 e. The number of β-amino-alcohol motifs (C(OH)–C–C–N with tert-alkyl or cyclic N) is 1. The largest absolute Gasteiger partial charge is 0.389 e. The van der Waals surface area contributed by atoms with Crippen LogP contribution in [0.2, 0.25) is 0 Å². The van der Waals surface area contributed by atoms with Gasteiger partial charge in [-0.25, -0.2) is 9.50 Å². The zero-order chi connectivity index (χ0) is 12.5. The first-order chi connectivity index (χ1) is 8.75. The highest BCUT2D eigenvalue weighted by molar-refractivity contribution is 5.67. The monoisotopic (exact) mass is 249 g/mol. The standard InChI is InChI=1S/C11H15N5O2/c17-9-5-12-4-7(10(9)18)15-11-8-2-1-3-16(8)14-6-13-11/h1-3,6-7,9-10,12,17-18H,4-5H2,(H,13,14,15)/t7-,9-,10+/m0/s1. The summed E-state index contributed by atoms with van der Waals surface area (Å²) >= 11 is 0. The molecule has 1 saturated heterocycles. The number of piperidine rings is 1. The molecule has 0 aliphatic carbocycles. The van der Waals surface area contributed by atoms with E-state index in [2.05, 4.69) is 20.7 Å². The van der Waals surface area contributed by atoms with Gasteiger partial charge < -0.3 is 20.8 Å². The van der Waals surface area contributed by atoms with E-state index in [0.29, 0.717) is 18.9 Å². The number of hydrogen-bond acceptors (Lipinski definition) is 6. The number of aromatic nitrogens is 3. The van der Waals surface area contributed by atoms with Crippen LogP contribution in [0.1, 0.15) is 0 Å². The summed E-state index contributed by atoms with van der Waals surface area (Å²) in [5, 5.41) is 29.8. The molecule has 2 aromatic rings. The van der Waals surface area contributed by atoms with Gasteiger partial charge in [0, 0.05) is 19.3 Å². The Kier molecular flexibility index (Phi) is 2.86. The van der Waals surface area contributed by atoms with E-state index in [1.807, 2.05) is 18.3 Å². The maximum atomic E-state index is 9.92. The Morgan fingerprint density at radius 2 is 2.28 bits per heavy atom. The van der Waals surface area contributed by atoms with Gasteiger partial charge in [0.05, 0.1) is 12.1 Å². The van der Waals surface area contributed by atoms with Crippen molar-refractivity contribution in [2.75, 3.05) is 18.4 Å². The van der Waals surface area contributed by atoms with Crippen molar-refractivity contribution in [2.45, 2.75) is 18.2 Å². The van der Waals surface area contributed by atoms with E-state index in [1.165, 1.54) is 6.33 Å². The zero-order valence-corrected chi connectivity index (χ0v) is 9.69. The van der Waals surface area contributed by atoms with Crippen LogP contribution in [0.4, 0.5) is 5.82 Å². The third-order valence-electron chi connectivity index (χ3n) is 3.18. The molecule has 96 valence electrons. The topological polar surface area (TPSA) is 94.7 Å². The van der Waals surface area contributed by atoms with E-state index >= 15 is 0 Å². The summed E-state index contributed by atoms with van der Waals surface area (Å²) in [5.74, 6) is 0.648. The minimum atomic E-state index is -0.809. The number of aliphatic hydroxyl groups excluding tert-OH is 2. The molecular weight excluding hydrogens is 234 g/mol. The van der Waals surface area contributed by atoms with Gasteiger partial charge in [0.1, 0.15) is 17.9 Å². The van der Waals surface area contributed by atoms with Crippen molar-refractivity contribution < 1.29 is 10.2 Å². The second-order valence-electron chi connectivity index (χ2n) is 4.41. The highest BCUT2D eigenvalue weighted by Gasteiger charge is 2.30. The minimum absolute atomic E-state index is 0.276. The number of anilines is 1. The Morgan fingerprint density at radius 1 is 1.39 bits per heavy atom. The molecule has 1 aliphatic heterocycles. The van der Waals surface area contributed by atoms with Crippen LogP contribution in [0.25, 0.3) is 5.52 Å². The second kappa shape index (κ2) is 4.52. The van der Waals surface area contributed by atoms with Crippen LogP contribution >= 0.6 is 0 Å². The molecule has 2 aromatic heterocycles. The lowest BCUT2D eigenvalue weighted by Gasteiger charge is -2.33. The van der Waals surface area contributed by atoms with Gasteiger partial charge in [0.15, 0.2) is 5.82 Å². The number of rotatable bonds is 2. The van der Waals surface area contributed by atoms with Crippen LogP contribution in [-0.2, 0) is 0 Å². The Balaban J connectivity index is 1.85. The summed E-state index contributed by atoms with van der Waals surface area (Å²) in [7, 11) is 0. The predicted octanol–water partition coefficient (Wildman–Crippen LogP) is -1.17. The van der Waals surface area contributed by atoms with Crippen molar-refractivity contribution >= 4 is 11.3 Å². The Bertz CT molecular complexity index is 543. The van der Waals surface area contributed by atoms with Crippen molar-refractivity contribution in [3.8, 4) is 0 Å². The van der Waals surface area contributed by atoms with Gasteiger partial charge in [-0.2, -0.15) is 5.10 Å². The molecule has 3 atom stereocenters. The highest BCUT2D eigenvalue weighted by Crippen LogP contribution is 2.16. The quantitative estimate of drug-likeness (QED) is 0.536. The molecule has 18 heavy (non-hydrogen) atoms. The lowest BCUT2D eigenvalue weighted by molar-refractivity contribution is -0.00697. The van der Waals surface area contributed by atoms with E-state index in [-0.39, 0.29) is 6.04 Å². The maximum absolute atomic E-state index is 9.92. The second-order valence-corrected chi connectivity index (χ2v) is 4.41. The van der Waals surface area contributed by atoms with Crippen molar-refractivity contribution in [1.82, 2.24) is 19.9 Å². The van der Waals surface area contributed by atoms with Gasteiger partial charge in [-0.1, -0.05) is 0 Å². The first-order valence-corrected chi connectivity index (χ1v) is 5.87. The van der Waals surface area contributed by atoms with Gasteiger partial charge in [-0.15, -0.1) is 0 Å². The zero-order valence-electron chi connectivity index (χ0n) is 9.69. The van der Waals surface area contributed by atoms with Gasteiger partial charge in [-0.05, 0) is 12.1 Å². The summed E-state index contributed by atoms with van der Waals surface area (Å²) in [5.41, 5.74) is 0.838. The summed E-state index contributed by atoms with van der Waals surface area (Å²) in [6, 6.07) is 3.49. The van der Waals surface area contributed by atoms with Gasteiger partial charge in [0.2, 0.25) is 0 Å². The minimum Gasteiger partial charge on any atom is -0.389 e. The third kappa shape index (κ3) is 1.92. The molecule has 0 radical (unpaired) electrons. The molecule has 0 amide bonds. The van der Waals surface area contributed by atoms with Gasteiger partial charge in [0.25, 0.3) is 0 Å². The van der Waals surface area contributed by atoms with Gasteiger partial charge >= 0.3 is 0 Å². The Morgan fingerprint density at radius 3 is 3.17 bits per heavy atom. The average molecular weight is 249 g/mol. The van der Waals surface area contributed by atoms with E-state index < -0.39 is 12.2 Å². The number of hydrogen-bond donors (Lipinski definition) is 4. The fourth-order valence-corrected chi connectivity index (χ4v) is 2.19. The molecule has 7 heteroatoms. The molecule has 0 unspecified atom stereocenters. The first-order valence-electron chi connectivity index (χ1n) is 5.87. The van der Waals surface area contributed by atoms with Crippen molar-refractivity contribution in [2.24, 2.45) is 0 Å². The lowest BCUT2D eigenvalue weighted by Crippen LogP contribution is -2.56. The molecule has 0 saturated carbocycles. The predicted molar refractivity (Wildman–Crippen MR) is 65.3 cm³/mol. The van der Waals surface area contributed by atoms with E-state index in [4.69, 9.17) is 0 Å². The van der Waals surface area contributed by atoms with E-state index in [9.17, 15) is 10.2 Å². The fourth-order valence-electron chi connectivity index (χ4n) is 2.19. The third-order valence-corrected chi connectivity index (χ3v) is 3.18. The molecule has 1 fully saturated rings. The molecular formula is C11H15N5O2. The molecule has 1 aliphatic rings. The van der Waals surface area contributed by atoms with Crippen LogP contribution in [0.15, 0.2) is 24.7 Å².